The van der Waals surface area contributed by atoms with Gasteiger partial charge in [-0.3, -0.25) is 0 Å². The molecule has 0 aliphatic rings. The van der Waals surface area contributed by atoms with Crippen LogP contribution in [0.5, 0.6) is 23.3 Å². The van der Waals surface area contributed by atoms with Crippen LogP contribution < -0.4 is 9.47 Å². The van der Waals surface area contributed by atoms with Crippen LogP contribution in [0.4, 0.5) is 0 Å². The molecule has 6 rings (SSSR count). The fraction of sp³-hybridized carbons (Fsp3) is 0.390. The Hall–Kier alpha value is -4.65. The van der Waals surface area contributed by atoms with Gasteiger partial charge < -0.3 is 19.7 Å². The summed E-state index contributed by atoms with van der Waals surface area (Å²) in [6, 6.07) is 22.2. The number of unbranched alkanes of at least 4 members (excludes halogenated alkanes) is 2. The monoisotopic (exact) mass is 645 g/mol. The molecule has 0 amide bonds. The van der Waals surface area contributed by atoms with E-state index in [1.165, 1.54) is 28.3 Å². The maximum atomic E-state index is 11.3. The van der Waals surface area contributed by atoms with E-state index in [1.54, 1.807) is 0 Å². The van der Waals surface area contributed by atoms with Gasteiger partial charge in [0.1, 0.15) is 22.8 Å². The molecule has 1 heterocycles. The van der Waals surface area contributed by atoms with Crippen LogP contribution in [0.1, 0.15) is 79.1 Å². The van der Waals surface area contributed by atoms with E-state index in [4.69, 9.17) is 19.4 Å². The predicted molar refractivity (Wildman–Crippen MR) is 195 cm³/mol. The minimum absolute atomic E-state index is 0.115. The summed E-state index contributed by atoms with van der Waals surface area (Å²) in [6.45, 7) is 9.70. The number of phenolic OH excluding ortho intramolecular Hbond substituents is 2. The molecule has 0 saturated heterocycles. The summed E-state index contributed by atoms with van der Waals surface area (Å²) in [4.78, 5) is 14.3. The summed E-state index contributed by atoms with van der Waals surface area (Å²) in [5.74, 6) is 1.40. The van der Waals surface area contributed by atoms with Crippen LogP contribution in [-0.2, 0) is 0 Å². The molecule has 0 saturated carbocycles. The fourth-order valence-electron chi connectivity index (χ4n) is 6.69. The normalized spacial score (nSPS) is 13.0. The Kier molecular flexibility index (Phi) is 10.4. The quantitative estimate of drug-likeness (QED) is 0.101. The summed E-state index contributed by atoms with van der Waals surface area (Å²) < 4.78 is 12.3. The number of aromatic hydroxyl groups is 2. The zero-order chi connectivity index (χ0) is 33.6. The van der Waals surface area contributed by atoms with E-state index >= 15 is 0 Å². The summed E-state index contributed by atoms with van der Waals surface area (Å²) in [5.41, 5.74) is 0.938. The van der Waals surface area contributed by atoms with Crippen LogP contribution in [-0.4, -0.2) is 38.4 Å². The minimum atomic E-state index is -0.167. The van der Waals surface area contributed by atoms with E-state index < -0.39 is 0 Å². The van der Waals surface area contributed by atoms with Crippen LogP contribution in [0, 0.1) is 11.8 Å². The van der Waals surface area contributed by atoms with Gasteiger partial charge in [0.05, 0.1) is 13.2 Å². The Balaban J connectivity index is 1.42. The fourth-order valence-corrected chi connectivity index (χ4v) is 6.69. The lowest BCUT2D eigenvalue weighted by Crippen LogP contribution is -2.13. The van der Waals surface area contributed by atoms with E-state index in [1.807, 2.05) is 6.07 Å². The van der Waals surface area contributed by atoms with Gasteiger partial charge in [-0.1, -0.05) is 115 Å². The average molecular weight is 646 g/mol. The highest BCUT2D eigenvalue weighted by Gasteiger charge is 2.22. The minimum Gasteiger partial charge on any atom is -0.507 e. The molecule has 0 bridgehead atoms. The van der Waals surface area contributed by atoms with Crippen LogP contribution in [0.25, 0.3) is 55.1 Å². The summed E-state index contributed by atoms with van der Waals surface area (Å²) in [6.07, 6.45) is 8.68. The molecule has 1 aromatic heterocycles. The number of ether oxygens (including phenoxy) is 2. The standard InChI is InChI=1S/C41H47N3O4/c1-5-9-12-26(7-3)24-47-31-22-34(45)38(35(46)23-31)40-42-39(43-41(44-40)48-25-27(8-4)13-10-6-2)33-21-19-30-17-16-28-14-11-15-29-18-20-32(33)37(30)36(28)29/h11,14-23,26-27,45-46H,5-10,12-13,24-25H2,1-4H3. The topological polar surface area (TPSA) is 97.6 Å². The van der Waals surface area contributed by atoms with Crippen molar-refractivity contribution in [2.24, 2.45) is 11.8 Å². The molecule has 48 heavy (non-hydrogen) atoms. The molecule has 2 atom stereocenters. The molecule has 2 N–H and O–H groups in total. The molecule has 0 aliphatic heterocycles. The molecule has 0 aliphatic carbocycles. The SMILES string of the molecule is CCCCC(CC)COc1cc(O)c(-c2nc(OCC(CC)CCCC)nc(-c3ccc4ccc5cccc6ccc3c4c56)n2)c(O)c1. The third kappa shape index (κ3) is 6.96. The number of aromatic nitrogens is 3. The number of rotatable bonds is 16. The van der Waals surface area contributed by atoms with Gasteiger partial charge in [-0.15, -0.1) is 0 Å². The van der Waals surface area contributed by atoms with Gasteiger partial charge >= 0.3 is 6.01 Å². The Morgan fingerprint density at radius 3 is 1.81 bits per heavy atom. The first-order valence-electron chi connectivity index (χ1n) is 17.7. The zero-order valence-corrected chi connectivity index (χ0v) is 28.6. The largest absolute Gasteiger partial charge is 0.507 e. The van der Waals surface area contributed by atoms with Crippen molar-refractivity contribution in [3.8, 4) is 46.0 Å². The lowest BCUT2D eigenvalue weighted by Gasteiger charge is -2.18. The third-order valence-corrected chi connectivity index (χ3v) is 9.70. The predicted octanol–water partition coefficient (Wildman–Crippen LogP) is 10.7. The number of phenols is 2. The molecular weight excluding hydrogens is 598 g/mol. The summed E-state index contributed by atoms with van der Waals surface area (Å²) in [5, 5.41) is 29.4. The molecule has 250 valence electrons. The molecule has 0 spiro atoms. The van der Waals surface area contributed by atoms with Crippen LogP contribution in [0.15, 0.2) is 66.7 Å². The van der Waals surface area contributed by atoms with E-state index in [0.29, 0.717) is 36.6 Å². The van der Waals surface area contributed by atoms with E-state index in [-0.39, 0.29) is 28.9 Å². The summed E-state index contributed by atoms with van der Waals surface area (Å²) >= 11 is 0. The van der Waals surface area contributed by atoms with Gasteiger partial charge in [0.2, 0.25) is 0 Å². The molecule has 0 fully saturated rings. The van der Waals surface area contributed by atoms with Gasteiger partial charge in [-0.25, -0.2) is 4.98 Å². The molecule has 6 aromatic rings. The van der Waals surface area contributed by atoms with E-state index in [9.17, 15) is 10.2 Å². The second-order valence-corrected chi connectivity index (χ2v) is 13.0. The van der Waals surface area contributed by atoms with E-state index in [2.05, 4.69) is 81.2 Å². The van der Waals surface area contributed by atoms with Gasteiger partial charge in [-0.05, 0) is 63.1 Å². The van der Waals surface area contributed by atoms with Crippen molar-refractivity contribution < 1.29 is 19.7 Å². The van der Waals surface area contributed by atoms with Crippen molar-refractivity contribution in [3.63, 3.8) is 0 Å². The Bertz CT molecular complexity index is 1950. The highest BCUT2D eigenvalue weighted by atomic mass is 16.5. The van der Waals surface area contributed by atoms with Crippen molar-refractivity contribution in [2.75, 3.05) is 13.2 Å². The number of hydrogen-bond donors (Lipinski definition) is 2. The average Bonchev–Trinajstić information content (AvgIpc) is 3.10. The highest BCUT2D eigenvalue weighted by molar-refractivity contribution is 6.25. The highest BCUT2D eigenvalue weighted by Crippen LogP contribution is 2.42. The molecule has 5 aromatic carbocycles. The second kappa shape index (κ2) is 15.1. The molecule has 0 radical (unpaired) electrons. The van der Waals surface area contributed by atoms with Crippen LogP contribution in [0.3, 0.4) is 0 Å². The van der Waals surface area contributed by atoms with Crippen LogP contribution >= 0.6 is 0 Å². The van der Waals surface area contributed by atoms with Crippen LogP contribution in [0.2, 0.25) is 0 Å². The maximum Gasteiger partial charge on any atom is 0.320 e. The van der Waals surface area contributed by atoms with Crippen molar-refractivity contribution >= 4 is 32.3 Å². The van der Waals surface area contributed by atoms with Crippen molar-refractivity contribution in [3.05, 3.63) is 66.7 Å². The third-order valence-electron chi connectivity index (χ3n) is 9.70. The molecular formula is C41H47N3O4. The Morgan fingerprint density at radius 2 is 1.19 bits per heavy atom. The molecule has 7 nitrogen and oxygen atoms in total. The van der Waals surface area contributed by atoms with Crippen molar-refractivity contribution in [1.82, 2.24) is 15.0 Å². The number of hydrogen-bond acceptors (Lipinski definition) is 7. The first kappa shape index (κ1) is 33.3. The first-order valence-corrected chi connectivity index (χ1v) is 17.7. The van der Waals surface area contributed by atoms with Crippen molar-refractivity contribution in [2.45, 2.75) is 79.1 Å². The van der Waals surface area contributed by atoms with Gasteiger partial charge in [0.25, 0.3) is 0 Å². The first-order chi connectivity index (χ1) is 23.4. The maximum absolute atomic E-state index is 11.3. The smallest absolute Gasteiger partial charge is 0.320 e. The molecule has 2 unspecified atom stereocenters. The van der Waals surface area contributed by atoms with E-state index in [0.717, 1.165) is 73.1 Å². The zero-order valence-electron chi connectivity index (χ0n) is 28.6. The lowest BCUT2D eigenvalue weighted by atomic mass is 9.92. The lowest BCUT2D eigenvalue weighted by molar-refractivity contribution is 0.217. The molecule has 7 heteroatoms. The van der Waals surface area contributed by atoms with Gasteiger partial charge in [-0.2, -0.15) is 9.97 Å². The number of benzene rings is 5. The Labute approximate surface area is 283 Å². The van der Waals surface area contributed by atoms with Gasteiger partial charge in [0, 0.05) is 17.7 Å². The summed E-state index contributed by atoms with van der Waals surface area (Å²) in [7, 11) is 0. The Morgan fingerprint density at radius 1 is 0.625 bits per heavy atom. The number of nitrogens with zero attached hydrogens (tertiary/aromatic N) is 3. The van der Waals surface area contributed by atoms with Crippen molar-refractivity contribution in [1.29, 1.82) is 0 Å². The van der Waals surface area contributed by atoms with Gasteiger partial charge in [0.15, 0.2) is 11.6 Å². The second-order valence-electron chi connectivity index (χ2n) is 13.0.